The number of rotatable bonds is 9. The topological polar surface area (TPSA) is 29.9 Å². The molecule has 3 nitrogen and oxygen atoms in total. The minimum absolute atomic E-state index is 0.476. The molecule has 0 saturated carbocycles. The largest absolute Gasteiger partial charge is 0.337 e. The van der Waals surface area contributed by atoms with E-state index in [9.17, 15) is 0 Å². The monoisotopic (exact) mass is 285 g/mol. The van der Waals surface area contributed by atoms with Gasteiger partial charge in [0.2, 0.25) is 0 Å². The van der Waals surface area contributed by atoms with Crippen LogP contribution in [0.3, 0.4) is 0 Å². The number of nitrogens with one attached hydrogen (secondary N) is 1. The molecule has 1 aromatic heterocycles. The van der Waals surface area contributed by atoms with Gasteiger partial charge in [0.05, 0.1) is 6.33 Å². The number of aromatic nitrogens is 2. The van der Waals surface area contributed by atoms with Crippen LogP contribution >= 0.6 is 0 Å². The average Bonchev–Trinajstić information content (AvgIpc) is 3.04. The second-order valence-corrected chi connectivity index (χ2v) is 5.52. The first-order chi connectivity index (χ1) is 10.3. The molecule has 0 fully saturated rings. The van der Waals surface area contributed by atoms with E-state index in [1.165, 1.54) is 24.0 Å². The van der Waals surface area contributed by atoms with Crippen molar-refractivity contribution in [3.63, 3.8) is 0 Å². The molecule has 2 rings (SSSR count). The summed E-state index contributed by atoms with van der Waals surface area (Å²) in [6, 6.07) is 9.51. The smallest absolute Gasteiger partial charge is 0.0945 e. The Labute approximate surface area is 128 Å². The summed E-state index contributed by atoms with van der Waals surface area (Å²) in [5, 5.41) is 3.68. The van der Waals surface area contributed by atoms with Crippen molar-refractivity contribution in [1.82, 2.24) is 14.9 Å². The van der Waals surface area contributed by atoms with E-state index in [0.717, 1.165) is 25.9 Å². The zero-order chi connectivity index (χ0) is 14.9. The van der Waals surface area contributed by atoms with Gasteiger partial charge in [-0.1, -0.05) is 38.1 Å². The third kappa shape index (κ3) is 5.01. The average molecular weight is 285 g/mol. The van der Waals surface area contributed by atoms with Crippen molar-refractivity contribution in [2.24, 2.45) is 0 Å². The van der Waals surface area contributed by atoms with E-state index >= 15 is 0 Å². The summed E-state index contributed by atoms with van der Waals surface area (Å²) in [5.41, 5.74) is 2.82. The standard InChI is InChI=1S/C18H27N3/c1-3-16-7-9-17(10-8-16)18(4-2)20-11-5-6-13-21-14-12-19-15-21/h7-10,12,14-15,18,20H,3-6,11,13H2,1-2H3. The fourth-order valence-electron chi connectivity index (χ4n) is 2.60. The third-order valence-electron chi connectivity index (χ3n) is 3.99. The zero-order valence-corrected chi connectivity index (χ0v) is 13.3. The highest BCUT2D eigenvalue weighted by Crippen LogP contribution is 2.17. The number of benzene rings is 1. The van der Waals surface area contributed by atoms with E-state index in [1.54, 1.807) is 0 Å². The molecule has 114 valence electrons. The first-order valence-corrected chi connectivity index (χ1v) is 8.11. The van der Waals surface area contributed by atoms with E-state index in [1.807, 2.05) is 18.7 Å². The van der Waals surface area contributed by atoms with Gasteiger partial charge in [0, 0.05) is 25.0 Å². The van der Waals surface area contributed by atoms with Gasteiger partial charge in [-0.3, -0.25) is 0 Å². The Morgan fingerprint density at radius 1 is 1.14 bits per heavy atom. The van der Waals surface area contributed by atoms with Crippen LogP contribution in [0.1, 0.15) is 50.3 Å². The van der Waals surface area contributed by atoms with Gasteiger partial charge in [-0.05, 0) is 43.4 Å². The summed E-state index contributed by atoms with van der Waals surface area (Å²) >= 11 is 0. The maximum Gasteiger partial charge on any atom is 0.0945 e. The van der Waals surface area contributed by atoms with Crippen molar-refractivity contribution < 1.29 is 0 Å². The minimum Gasteiger partial charge on any atom is -0.337 e. The highest BCUT2D eigenvalue weighted by atomic mass is 15.0. The molecular weight excluding hydrogens is 258 g/mol. The Morgan fingerprint density at radius 2 is 1.95 bits per heavy atom. The van der Waals surface area contributed by atoms with Crippen molar-refractivity contribution in [1.29, 1.82) is 0 Å². The van der Waals surface area contributed by atoms with Crippen LogP contribution in [-0.4, -0.2) is 16.1 Å². The zero-order valence-electron chi connectivity index (χ0n) is 13.3. The number of unbranched alkanes of at least 4 members (excludes halogenated alkanes) is 1. The SMILES string of the molecule is CCc1ccc(C(CC)NCCCCn2ccnc2)cc1. The predicted octanol–water partition coefficient (Wildman–Crippen LogP) is 3.97. The summed E-state index contributed by atoms with van der Waals surface area (Å²) in [6.07, 6.45) is 10.4. The molecular formula is C18H27N3. The Morgan fingerprint density at radius 3 is 2.57 bits per heavy atom. The van der Waals surface area contributed by atoms with Crippen LogP contribution in [-0.2, 0) is 13.0 Å². The van der Waals surface area contributed by atoms with Crippen molar-refractivity contribution in [2.45, 2.75) is 52.1 Å². The molecule has 21 heavy (non-hydrogen) atoms. The molecule has 0 aliphatic carbocycles. The number of hydrogen-bond acceptors (Lipinski definition) is 2. The summed E-state index contributed by atoms with van der Waals surface area (Å²) in [4.78, 5) is 4.06. The lowest BCUT2D eigenvalue weighted by molar-refractivity contribution is 0.490. The number of hydrogen-bond donors (Lipinski definition) is 1. The fourth-order valence-corrected chi connectivity index (χ4v) is 2.60. The van der Waals surface area contributed by atoms with Gasteiger partial charge in [0.15, 0.2) is 0 Å². The van der Waals surface area contributed by atoms with Gasteiger partial charge >= 0.3 is 0 Å². The van der Waals surface area contributed by atoms with E-state index in [2.05, 4.69) is 53.0 Å². The number of nitrogens with zero attached hydrogens (tertiary/aromatic N) is 2. The number of aryl methyl sites for hydroxylation is 2. The van der Waals surface area contributed by atoms with Crippen LogP contribution in [0.25, 0.3) is 0 Å². The highest BCUT2D eigenvalue weighted by Gasteiger charge is 2.07. The molecule has 0 bridgehead atoms. The lowest BCUT2D eigenvalue weighted by Gasteiger charge is -2.18. The van der Waals surface area contributed by atoms with Gasteiger partial charge in [-0.15, -0.1) is 0 Å². The molecule has 0 spiro atoms. The van der Waals surface area contributed by atoms with Gasteiger partial charge in [0.1, 0.15) is 0 Å². The molecule has 1 N–H and O–H groups in total. The molecule has 0 aliphatic rings. The first-order valence-electron chi connectivity index (χ1n) is 8.11. The van der Waals surface area contributed by atoms with E-state index in [0.29, 0.717) is 6.04 Å². The summed E-state index contributed by atoms with van der Waals surface area (Å²) in [6.45, 7) is 6.58. The minimum atomic E-state index is 0.476. The maximum atomic E-state index is 4.06. The highest BCUT2D eigenvalue weighted by molar-refractivity contribution is 5.24. The Bertz CT molecular complexity index is 488. The van der Waals surface area contributed by atoms with Crippen LogP contribution < -0.4 is 5.32 Å². The van der Waals surface area contributed by atoms with Crippen LogP contribution in [0, 0.1) is 0 Å². The molecule has 1 atom stereocenters. The lowest BCUT2D eigenvalue weighted by Crippen LogP contribution is -2.22. The van der Waals surface area contributed by atoms with Crippen LogP contribution in [0.2, 0.25) is 0 Å². The Hall–Kier alpha value is -1.61. The second kappa shape index (κ2) is 8.63. The molecule has 1 heterocycles. The molecule has 3 heteroatoms. The van der Waals surface area contributed by atoms with E-state index in [-0.39, 0.29) is 0 Å². The van der Waals surface area contributed by atoms with Gasteiger partial charge in [-0.2, -0.15) is 0 Å². The van der Waals surface area contributed by atoms with Gasteiger partial charge in [-0.25, -0.2) is 4.98 Å². The van der Waals surface area contributed by atoms with Crippen molar-refractivity contribution >= 4 is 0 Å². The van der Waals surface area contributed by atoms with Crippen LogP contribution in [0.4, 0.5) is 0 Å². The molecule has 0 saturated heterocycles. The fraction of sp³-hybridized carbons (Fsp3) is 0.500. The van der Waals surface area contributed by atoms with Crippen molar-refractivity contribution in [3.8, 4) is 0 Å². The molecule has 1 unspecified atom stereocenters. The molecule has 0 radical (unpaired) electrons. The molecule has 2 aromatic rings. The lowest BCUT2D eigenvalue weighted by atomic mass is 10.0. The summed E-state index contributed by atoms with van der Waals surface area (Å²) in [5.74, 6) is 0. The Balaban J connectivity index is 1.71. The summed E-state index contributed by atoms with van der Waals surface area (Å²) < 4.78 is 2.14. The van der Waals surface area contributed by atoms with Gasteiger partial charge < -0.3 is 9.88 Å². The Kier molecular flexibility index (Phi) is 6.48. The normalized spacial score (nSPS) is 12.5. The van der Waals surface area contributed by atoms with E-state index < -0.39 is 0 Å². The quantitative estimate of drug-likeness (QED) is 0.707. The molecule has 0 aliphatic heterocycles. The predicted molar refractivity (Wildman–Crippen MR) is 88.3 cm³/mol. The second-order valence-electron chi connectivity index (χ2n) is 5.52. The van der Waals surface area contributed by atoms with Crippen molar-refractivity contribution in [3.05, 3.63) is 54.1 Å². The maximum absolute atomic E-state index is 4.06. The third-order valence-corrected chi connectivity index (χ3v) is 3.99. The number of imidazole rings is 1. The summed E-state index contributed by atoms with van der Waals surface area (Å²) in [7, 11) is 0. The van der Waals surface area contributed by atoms with Crippen molar-refractivity contribution in [2.75, 3.05) is 6.54 Å². The molecule has 1 aromatic carbocycles. The van der Waals surface area contributed by atoms with Crippen LogP contribution in [0.15, 0.2) is 43.0 Å². The first kappa shape index (κ1) is 15.8. The van der Waals surface area contributed by atoms with Crippen LogP contribution in [0.5, 0.6) is 0 Å². The van der Waals surface area contributed by atoms with E-state index in [4.69, 9.17) is 0 Å². The van der Waals surface area contributed by atoms with Gasteiger partial charge in [0.25, 0.3) is 0 Å². The molecule has 0 amide bonds.